The Morgan fingerprint density at radius 1 is 1.31 bits per heavy atom. The molecular formula is C9H9ClO5S. The molecule has 0 saturated carbocycles. The monoisotopic (exact) mass is 264 g/mol. The average Bonchev–Trinajstić information content (AvgIpc) is 2.15. The predicted octanol–water partition coefficient (Wildman–Crippen LogP) is 1.55. The standard InChI is InChI=1S/C9H9ClO5S/c1-6(11)15-9-5-7(16(10,12)13)3-4-8(9)14-2/h3-5H,1-2H3. The zero-order valence-corrected chi connectivity index (χ0v) is 10.1. The first-order valence-corrected chi connectivity index (χ1v) is 6.46. The molecule has 0 radical (unpaired) electrons. The number of ether oxygens (including phenoxy) is 2. The van der Waals surface area contributed by atoms with Gasteiger partial charge in [-0.25, -0.2) is 8.42 Å². The molecule has 1 aromatic rings. The molecule has 16 heavy (non-hydrogen) atoms. The maximum Gasteiger partial charge on any atom is 0.308 e. The lowest BCUT2D eigenvalue weighted by Crippen LogP contribution is -2.04. The van der Waals surface area contributed by atoms with E-state index in [0.29, 0.717) is 0 Å². The number of hydrogen-bond acceptors (Lipinski definition) is 5. The van der Waals surface area contributed by atoms with E-state index in [2.05, 4.69) is 0 Å². The van der Waals surface area contributed by atoms with Crippen LogP contribution in [0, 0.1) is 0 Å². The summed E-state index contributed by atoms with van der Waals surface area (Å²) in [5, 5.41) is 0. The van der Waals surface area contributed by atoms with Gasteiger partial charge in [0.25, 0.3) is 9.05 Å². The van der Waals surface area contributed by atoms with Crippen LogP contribution in [-0.2, 0) is 13.8 Å². The first kappa shape index (κ1) is 12.8. The van der Waals surface area contributed by atoms with Gasteiger partial charge in [-0.15, -0.1) is 0 Å². The summed E-state index contributed by atoms with van der Waals surface area (Å²) in [7, 11) is 2.67. The molecule has 0 aliphatic carbocycles. The van der Waals surface area contributed by atoms with Crippen LogP contribution in [0.15, 0.2) is 23.1 Å². The molecule has 1 rings (SSSR count). The Morgan fingerprint density at radius 2 is 1.94 bits per heavy atom. The van der Waals surface area contributed by atoms with Crippen molar-refractivity contribution in [1.82, 2.24) is 0 Å². The van der Waals surface area contributed by atoms with Gasteiger partial charge in [0.1, 0.15) is 0 Å². The van der Waals surface area contributed by atoms with Crippen molar-refractivity contribution in [2.24, 2.45) is 0 Å². The molecule has 88 valence electrons. The van der Waals surface area contributed by atoms with Crippen molar-refractivity contribution in [1.29, 1.82) is 0 Å². The summed E-state index contributed by atoms with van der Waals surface area (Å²) >= 11 is 0. The van der Waals surface area contributed by atoms with Gasteiger partial charge in [0.05, 0.1) is 12.0 Å². The van der Waals surface area contributed by atoms with Crippen molar-refractivity contribution < 1.29 is 22.7 Å². The summed E-state index contributed by atoms with van der Waals surface area (Å²) in [6.45, 7) is 1.20. The molecule has 0 unspecified atom stereocenters. The number of esters is 1. The van der Waals surface area contributed by atoms with Gasteiger partial charge < -0.3 is 9.47 Å². The molecule has 0 aromatic heterocycles. The third kappa shape index (κ3) is 3.11. The van der Waals surface area contributed by atoms with Crippen LogP contribution in [0.4, 0.5) is 0 Å². The first-order chi connectivity index (χ1) is 7.34. The number of rotatable bonds is 3. The van der Waals surface area contributed by atoms with E-state index in [1.54, 1.807) is 0 Å². The highest BCUT2D eigenvalue weighted by molar-refractivity contribution is 8.13. The highest BCUT2D eigenvalue weighted by atomic mass is 35.7. The number of halogens is 1. The fraction of sp³-hybridized carbons (Fsp3) is 0.222. The SMILES string of the molecule is COc1ccc(S(=O)(=O)Cl)cc1OC(C)=O. The Labute approximate surface area is 97.3 Å². The van der Waals surface area contributed by atoms with Crippen molar-refractivity contribution >= 4 is 25.7 Å². The Morgan fingerprint density at radius 3 is 2.38 bits per heavy atom. The molecule has 0 N–H and O–H groups in total. The van der Waals surface area contributed by atoms with Gasteiger partial charge in [0.15, 0.2) is 11.5 Å². The van der Waals surface area contributed by atoms with Crippen LogP contribution in [0.5, 0.6) is 11.5 Å². The summed E-state index contributed by atoms with van der Waals surface area (Å²) in [4.78, 5) is 10.6. The topological polar surface area (TPSA) is 69.7 Å². The molecule has 0 aliphatic heterocycles. The lowest BCUT2D eigenvalue weighted by atomic mass is 10.3. The third-order valence-corrected chi connectivity index (χ3v) is 3.02. The van der Waals surface area contributed by atoms with Crippen molar-refractivity contribution in [3.63, 3.8) is 0 Å². The van der Waals surface area contributed by atoms with Gasteiger partial charge in [0.2, 0.25) is 0 Å². The number of carbonyl (C=O) groups excluding carboxylic acids is 1. The molecule has 0 amide bonds. The molecule has 0 spiro atoms. The molecule has 0 atom stereocenters. The van der Waals surface area contributed by atoms with E-state index >= 15 is 0 Å². The Balaban J connectivity index is 3.27. The second-order valence-electron chi connectivity index (χ2n) is 2.84. The summed E-state index contributed by atoms with van der Waals surface area (Å²) in [5.74, 6) is -0.321. The van der Waals surface area contributed by atoms with E-state index in [9.17, 15) is 13.2 Å². The zero-order chi connectivity index (χ0) is 12.3. The molecule has 0 fully saturated rings. The van der Waals surface area contributed by atoms with Gasteiger partial charge in [-0.3, -0.25) is 4.79 Å². The molecule has 0 bridgehead atoms. The fourth-order valence-electron chi connectivity index (χ4n) is 1.04. The summed E-state index contributed by atoms with van der Waals surface area (Å²) in [6.07, 6.45) is 0. The average molecular weight is 265 g/mol. The minimum Gasteiger partial charge on any atom is -0.493 e. The molecule has 0 aliphatic rings. The van der Waals surface area contributed by atoms with E-state index in [-0.39, 0.29) is 16.4 Å². The van der Waals surface area contributed by atoms with Crippen LogP contribution >= 0.6 is 10.7 Å². The first-order valence-electron chi connectivity index (χ1n) is 4.15. The normalized spacial score (nSPS) is 10.9. The van der Waals surface area contributed by atoms with Gasteiger partial charge in [0, 0.05) is 23.7 Å². The molecule has 5 nitrogen and oxygen atoms in total. The van der Waals surface area contributed by atoms with Crippen LogP contribution in [0.3, 0.4) is 0 Å². The van der Waals surface area contributed by atoms with Crippen molar-refractivity contribution in [2.45, 2.75) is 11.8 Å². The smallest absolute Gasteiger partial charge is 0.308 e. The van der Waals surface area contributed by atoms with E-state index < -0.39 is 15.0 Å². The predicted molar refractivity (Wildman–Crippen MR) is 57.3 cm³/mol. The Bertz CT molecular complexity index is 509. The lowest BCUT2D eigenvalue weighted by molar-refractivity contribution is -0.132. The van der Waals surface area contributed by atoms with Crippen LogP contribution < -0.4 is 9.47 Å². The van der Waals surface area contributed by atoms with Crippen molar-refractivity contribution in [2.75, 3.05) is 7.11 Å². The van der Waals surface area contributed by atoms with Gasteiger partial charge in [-0.05, 0) is 12.1 Å². The summed E-state index contributed by atoms with van der Waals surface area (Å²) in [6, 6.07) is 3.74. The Hall–Kier alpha value is -1.27. The van der Waals surface area contributed by atoms with Crippen LogP contribution in [0.25, 0.3) is 0 Å². The molecule has 7 heteroatoms. The van der Waals surface area contributed by atoms with E-state index in [1.165, 1.54) is 26.2 Å². The van der Waals surface area contributed by atoms with Crippen LogP contribution in [0.2, 0.25) is 0 Å². The largest absolute Gasteiger partial charge is 0.493 e. The van der Waals surface area contributed by atoms with Crippen LogP contribution in [0.1, 0.15) is 6.92 Å². The maximum absolute atomic E-state index is 11.1. The lowest BCUT2D eigenvalue weighted by Gasteiger charge is -2.08. The number of hydrogen-bond donors (Lipinski definition) is 0. The maximum atomic E-state index is 11.1. The minimum atomic E-state index is -3.86. The minimum absolute atomic E-state index is 0.0109. The van der Waals surface area contributed by atoms with Gasteiger partial charge in [-0.1, -0.05) is 0 Å². The molecule has 0 heterocycles. The fourth-order valence-corrected chi connectivity index (χ4v) is 1.81. The summed E-state index contributed by atoms with van der Waals surface area (Å²) in [5.41, 5.74) is 0. The van der Waals surface area contributed by atoms with Gasteiger partial charge in [-0.2, -0.15) is 0 Å². The quantitative estimate of drug-likeness (QED) is 0.471. The van der Waals surface area contributed by atoms with E-state index in [1.807, 2.05) is 0 Å². The van der Waals surface area contributed by atoms with E-state index in [0.717, 1.165) is 6.07 Å². The second-order valence-corrected chi connectivity index (χ2v) is 5.41. The number of benzene rings is 1. The second kappa shape index (κ2) is 4.71. The highest BCUT2D eigenvalue weighted by Crippen LogP contribution is 2.31. The van der Waals surface area contributed by atoms with Gasteiger partial charge >= 0.3 is 5.97 Å². The Kier molecular flexibility index (Phi) is 3.77. The molecular weight excluding hydrogens is 256 g/mol. The molecule has 0 saturated heterocycles. The van der Waals surface area contributed by atoms with Crippen molar-refractivity contribution in [3.05, 3.63) is 18.2 Å². The third-order valence-electron chi connectivity index (χ3n) is 1.67. The highest BCUT2D eigenvalue weighted by Gasteiger charge is 2.15. The zero-order valence-electron chi connectivity index (χ0n) is 8.56. The number of carbonyl (C=O) groups is 1. The van der Waals surface area contributed by atoms with E-state index in [4.69, 9.17) is 20.2 Å². The van der Waals surface area contributed by atoms with Crippen molar-refractivity contribution in [3.8, 4) is 11.5 Å². The van der Waals surface area contributed by atoms with Crippen LogP contribution in [-0.4, -0.2) is 21.5 Å². The summed E-state index contributed by atoms with van der Waals surface area (Å²) < 4.78 is 31.8. The molecule has 1 aromatic carbocycles. The number of methoxy groups -OCH3 is 1.